The summed E-state index contributed by atoms with van der Waals surface area (Å²) < 4.78 is 0. The number of fused-ring (bicyclic) bond motifs is 1. The van der Waals surface area contributed by atoms with E-state index in [0.29, 0.717) is 12.2 Å². The lowest BCUT2D eigenvalue weighted by Crippen LogP contribution is -2.22. The van der Waals surface area contributed by atoms with E-state index in [0.717, 1.165) is 15.5 Å². The molecule has 0 radical (unpaired) electrons. The SMILES string of the molecule is O=C(O)C1CSc2c(Cl)cccc2C1. The summed E-state index contributed by atoms with van der Waals surface area (Å²) in [4.78, 5) is 11.9. The van der Waals surface area contributed by atoms with Crippen molar-refractivity contribution in [1.29, 1.82) is 0 Å². The van der Waals surface area contributed by atoms with Crippen LogP contribution in [0.5, 0.6) is 0 Å². The molecule has 0 spiro atoms. The van der Waals surface area contributed by atoms with Crippen LogP contribution in [-0.2, 0) is 11.2 Å². The third-order valence-corrected chi connectivity index (χ3v) is 4.06. The van der Waals surface area contributed by atoms with Gasteiger partial charge in [-0.1, -0.05) is 23.7 Å². The molecular weight excluding hydrogens is 220 g/mol. The van der Waals surface area contributed by atoms with Crippen molar-refractivity contribution in [1.82, 2.24) is 0 Å². The number of hydrogen-bond donors (Lipinski definition) is 1. The number of carboxylic acid groups (broad SMARTS) is 1. The quantitative estimate of drug-likeness (QED) is 0.803. The van der Waals surface area contributed by atoms with Crippen LogP contribution < -0.4 is 0 Å². The number of benzene rings is 1. The zero-order valence-corrected chi connectivity index (χ0v) is 8.94. The van der Waals surface area contributed by atoms with Crippen molar-refractivity contribution < 1.29 is 9.90 Å². The maximum atomic E-state index is 10.8. The Hall–Kier alpha value is -0.670. The fourth-order valence-electron chi connectivity index (χ4n) is 1.54. The van der Waals surface area contributed by atoms with E-state index in [1.165, 1.54) is 11.8 Å². The van der Waals surface area contributed by atoms with Gasteiger partial charge in [-0.05, 0) is 18.1 Å². The Morgan fingerprint density at radius 1 is 1.57 bits per heavy atom. The Morgan fingerprint density at radius 3 is 3.07 bits per heavy atom. The molecule has 0 saturated carbocycles. The van der Waals surface area contributed by atoms with Gasteiger partial charge in [0.1, 0.15) is 0 Å². The van der Waals surface area contributed by atoms with E-state index >= 15 is 0 Å². The van der Waals surface area contributed by atoms with Crippen LogP contribution in [0.15, 0.2) is 23.1 Å². The second kappa shape index (κ2) is 3.83. The highest BCUT2D eigenvalue weighted by atomic mass is 35.5. The van der Waals surface area contributed by atoms with Crippen LogP contribution >= 0.6 is 23.4 Å². The van der Waals surface area contributed by atoms with Crippen LogP contribution in [0.3, 0.4) is 0 Å². The Kier molecular flexibility index (Phi) is 2.70. The predicted octanol–water partition coefficient (Wildman–Crippen LogP) is 2.69. The normalized spacial score (nSPS) is 20.2. The average Bonchev–Trinajstić information content (AvgIpc) is 2.17. The molecule has 1 aromatic rings. The minimum atomic E-state index is -0.719. The molecule has 1 N–H and O–H groups in total. The summed E-state index contributed by atoms with van der Waals surface area (Å²) in [6, 6.07) is 5.66. The van der Waals surface area contributed by atoms with E-state index in [-0.39, 0.29) is 5.92 Å². The lowest BCUT2D eigenvalue weighted by Gasteiger charge is -2.21. The van der Waals surface area contributed by atoms with E-state index in [9.17, 15) is 4.79 Å². The largest absolute Gasteiger partial charge is 0.481 e. The van der Waals surface area contributed by atoms with Gasteiger partial charge >= 0.3 is 5.97 Å². The molecular formula is C10H9ClO2S. The second-order valence-electron chi connectivity index (χ2n) is 3.28. The molecule has 74 valence electrons. The highest BCUT2D eigenvalue weighted by Gasteiger charge is 2.25. The molecule has 1 aromatic carbocycles. The van der Waals surface area contributed by atoms with Gasteiger partial charge in [0.2, 0.25) is 0 Å². The van der Waals surface area contributed by atoms with Gasteiger partial charge in [0, 0.05) is 10.6 Å². The predicted molar refractivity (Wildman–Crippen MR) is 57.0 cm³/mol. The summed E-state index contributed by atoms with van der Waals surface area (Å²) in [6.07, 6.45) is 0.595. The lowest BCUT2D eigenvalue weighted by molar-refractivity contribution is -0.140. The number of thioether (sulfide) groups is 1. The van der Waals surface area contributed by atoms with Crippen molar-refractivity contribution in [2.24, 2.45) is 5.92 Å². The Bertz CT molecular complexity index is 378. The first-order valence-electron chi connectivity index (χ1n) is 4.31. The molecule has 0 amide bonds. The molecule has 1 aliphatic rings. The Labute approximate surface area is 91.3 Å². The van der Waals surface area contributed by atoms with Crippen LogP contribution in [0.1, 0.15) is 5.56 Å². The zero-order valence-electron chi connectivity index (χ0n) is 7.37. The monoisotopic (exact) mass is 228 g/mol. The van der Waals surface area contributed by atoms with Crippen molar-refractivity contribution >= 4 is 29.3 Å². The van der Waals surface area contributed by atoms with Gasteiger partial charge < -0.3 is 5.11 Å². The van der Waals surface area contributed by atoms with Crippen LogP contribution in [0, 0.1) is 5.92 Å². The van der Waals surface area contributed by atoms with Gasteiger partial charge in [0.25, 0.3) is 0 Å². The topological polar surface area (TPSA) is 37.3 Å². The standard InChI is InChI=1S/C10H9ClO2S/c11-8-3-1-2-6-4-7(10(12)13)5-14-9(6)8/h1-3,7H,4-5H2,(H,12,13). The first-order chi connectivity index (χ1) is 6.68. The van der Waals surface area contributed by atoms with Gasteiger partial charge in [0.15, 0.2) is 0 Å². The third kappa shape index (κ3) is 1.74. The van der Waals surface area contributed by atoms with Crippen molar-refractivity contribution in [3.8, 4) is 0 Å². The van der Waals surface area contributed by atoms with E-state index in [4.69, 9.17) is 16.7 Å². The van der Waals surface area contributed by atoms with E-state index in [1.807, 2.05) is 18.2 Å². The van der Waals surface area contributed by atoms with Gasteiger partial charge in [-0.15, -0.1) is 11.8 Å². The summed E-state index contributed by atoms with van der Waals surface area (Å²) in [5.41, 5.74) is 1.06. The fourth-order valence-corrected chi connectivity index (χ4v) is 3.07. The minimum Gasteiger partial charge on any atom is -0.481 e. The summed E-state index contributed by atoms with van der Waals surface area (Å²) in [5.74, 6) is -0.374. The van der Waals surface area contributed by atoms with Crippen LogP contribution in [-0.4, -0.2) is 16.8 Å². The molecule has 1 unspecified atom stereocenters. The van der Waals surface area contributed by atoms with Crippen LogP contribution in [0.2, 0.25) is 5.02 Å². The fraction of sp³-hybridized carbons (Fsp3) is 0.300. The molecule has 4 heteroatoms. The second-order valence-corrected chi connectivity index (χ2v) is 4.72. The number of rotatable bonds is 1. The van der Waals surface area contributed by atoms with Gasteiger partial charge in [-0.25, -0.2) is 0 Å². The maximum Gasteiger partial charge on any atom is 0.307 e. The van der Waals surface area contributed by atoms with Gasteiger partial charge in [-0.3, -0.25) is 4.79 Å². The number of hydrogen-bond acceptors (Lipinski definition) is 2. The molecule has 0 aromatic heterocycles. The smallest absolute Gasteiger partial charge is 0.307 e. The Balaban J connectivity index is 2.31. The third-order valence-electron chi connectivity index (χ3n) is 2.29. The molecule has 0 saturated heterocycles. The van der Waals surface area contributed by atoms with Crippen molar-refractivity contribution in [2.45, 2.75) is 11.3 Å². The van der Waals surface area contributed by atoms with Crippen molar-refractivity contribution in [3.05, 3.63) is 28.8 Å². The van der Waals surface area contributed by atoms with Crippen LogP contribution in [0.25, 0.3) is 0 Å². The molecule has 0 bridgehead atoms. The number of aliphatic carboxylic acids is 1. The summed E-state index contributed by atoms with van der Waals surface area (Å²) in [6.45, 7) is 0. The molecule has 0 aliphatic carbocycles. The van der Waals surface area contributed by atoms with E-state index < -0.39 is 5.97 Å². The molecule has 1 heterocycles. The zero-order chi connectivity index (χ0) is 10.1. The lowest BCUT2D eigenvalue weighted by atomic mass is 10.0. The summed E-state index contributed by atoms with van der Waals surface area (Å²) in [5, 5.41) is 9.62. The maximum absolute atomic E-state index is 10.8. The Morgan fingerprint density at radius 2 is 2.36 bits per heavy atom. The summed E-state index contributed by atoms with van der Waals surface area (Å²) >= 11 is 7.54. The number of halogens is 1. The highest BCUT2D eigenvalue weighted by Crippen LogP contribution is 2.37. The molecule has 0 fully saturated rings. The first-order valence-corrected chi connectivity index (χ1v) is 5.68. The molecule has 2 nitrogen and oxygen atoms in total. The van der Waals surface area contributed by atoms with Crippen molar-refractivity contribution in [3.63, 3.8) is 0 Å². The summed E-state index contributed by atoms with van der Waals surface area (Å²) in [7, 11) is 0. The van der Waals surface area contributed by atoms with E-state index in [2.05, 4.69) is 0 Å². The molecule has 2 rings (SSSR count). The molecule has 1 aliphatic heterocycles. The molecule has 1 atom stereocenters. The molecule has 14 heavy (non-hydrogen) atoms. The number of carbonyl (C=O) groups is 1. The van der Waals surface area contributed by atoms with Crippen molar-refractivity contribution in [2.75, 3.05) is 5.75 Å². The first kappa shape index (κ1) is 9.87. The van der Waals surface area contributed by atoms with E-state index in [1.54, 1.807) is 0 Å². The average molecular weight is 229 g/mol. The number of carboxylic acids is 1. The minimum absolute atomic E-state index is 0.272. The highest BCUT2D eigenvalue weighted by molar-refractivity contribution is 7.99. The van der Waals surface area contributed by atoms with Crippen LogP contribution in [0.4, 0.5) is 0 Å². The van der Waals surface area contributed by atoms with Gasteiger partial charge in [-0.2, -0.15) is 0 Å². The van der Waals surface area contributed by atoms with Gasteiger partial charge in [0.05, 0.1) is 10.9 Å².